The molecule has 1 atom stereocenters. The van der Waals surface area contributed by atoms with Gasteiger partial charge in [0.15, 0.2) is 0 Å². The fraction of sp³-hybridized carbons (Fsp3) is 0.562. The van der Waals surface area contributed by atoms with Crippen molar-refractivity contribution in [3.63, 3.8) is 0 Å². The van der Waals surface area contributed by atoms with Crippen LogP contribution in [0.4, 0.5) is 0 Å². The third-order valence-electron chi connectivity index (χ3n) is 3.69. The van der Waals surface area contributed by atoms with Gasteiger partial charge in [0.25, 0.3) is 5.91 Å². The quantitative estimate of drug-likeness (QED) is 0.843. The minimum Gasteiger partial charge on any atom is -0.387 e. The van der Waals surface area contributed by atoms with E-state index in [0.29, 0.717) is 25.3 Å². The highest BCUT2D eigenvalue weighted by atomic mass is 16.5. The molecule has 2 rings (SSSR count). The molecule has 0 spiro atoms. The van der Waals surface area contributed by atoms with E-state index in [2.05, 4.69) is 10.2 Å². The third-order valence-corrected chi connectivity index (χ3v) is 3.69. The number of aliphatic hydroxyl groups is 1. The van der Waals surface area contributed by atoms with Crippen molar-refractivity contribution < 1.29 is 14.6 Å². The largest absolute Gasteiger partial charge is 0.387 e. The van der Waals surface area contributed by atoms with Crippen molar-refractivity contribution in [1.82, 2.24) is 10.2 Å². The molecule has 116 valence electrons. The lowest BCUT2D eigenvalue weighted by Crippen LogP contribution is -2.51. The SMILES string of the molecule is Cc1ccccc1C(=O)NCC(C)(O)CN1CCOCC1. The van der Waals surface area contributed by atoms with Crippen molar-refractivity contribution in [2.75, 3.05) is 39.4 Å². The van der Waals surface area contributed by atoms with Crippen LogP contribution in [0.1, 0.15) is 22.8 Å². The summed E-state index contributed by atoms with van der Waals surface area (Å²) in [4.78, 5) is 14.3. The molecule has 0 aromatic heterocycles. The molecule has 0 radical (unpaired) electrons. The van der Waals surface area contributed by atoms with Gasteiger partial charge in [0, 0.05) is 31.7 Å². The van der Waals surface area contributed by atoms with E-state index in [0.717, 1.165) is 18.7 Å². The van der Waals surface area contributed by atoms with Crippen LogP contribution in [-0.2, 0) is 4.74 Å². The molecule has 21 heavy (non-hydrogen) atoms. The number of carbonyl (C=O) groups is 1. The Kier molecular flexibility index (Phi) is 5.33. The normalized spacial score (nSPS) is 19.0. The van der Waals surface area contributed by atoms with Gasteiger partial charge in [-0.1, -0.05) is 18.2 Å². The Hall–Kier alpha value is -1.43. The van der Waals surface area contributed by atoms with Gasteiger partial charge in [0.05, 0.1) is 18.8 Å². The minimum atomic E-state index is -0.949. The molecular weight excluding hydrogens is 268 g/mol. The minimum absolute atomic E-state index is 0.143. The summed E-state index contributed by atoms with van der Waals surface area (Å²) in [7, 11) is 0. The summed E-state index contributed by atoms with van der Waals surface area (Å²) < 4.78 is 5.29. The Balaban J connectivity index is 1.86. The van der Waals surface area contributed by atoms with Crippen LogP contribution in [0.25, 0.3) is 0 Å². The molecule has 0 saturated carbocycles. The number of rotatable bonds is 5. The number of aryl methyl sites for hydroxylation is 1. The van der Waals surface area contributed by atoms with Gasteiger partial charge in [-0.3, -0.25) is 9.69 Å². The number of hydrogen-bond donors (Lipinski definition) is 2. The summed E-state index contributed by atoms with van der Waals surface area (Å²) >= 11 is 0. The molecule has 5 heteroatoms. The number of nitrogens with zero attached hydrogens (tertiary/aromatic N) is 1. The fourth-order valence-electron chi connectivity index (χ4n) is 2.49. The van der Waals surface area contributed by atoms with Crippen LogP contribution in [0.15, 0.2) is 24.3 Å². The van der Waals surface area contributed by atoms with Crippen molar-refractivity contribution in [3.05, 3.63) is 35.4 Å². The lowest BCUT2D eigenvalue weighted by molar-refractivity contribution is -0.0213. The maximum Gasteiger partial charge on any atom is 0.251 e. The molecular formula is C16H24N2O3. The van der Waals surface area contributed by atoms with Gasteiger partial charge >= 0.3 is 0 Å². The molecule has 1 aliphatic heterocycles. The number of hydrogen-bond acceptors (Lipinski definition) is 4. The topological polar surface area (TPSA) is 61.8 Å². The van der Waals surface area contributed by atoms with Crippen LogP contribution in [0.2, 0.25) is 0 Å². The first-order valence-corrected chi connectivity index (χ1v) is 7.34. The summed E-state index contributed by atoms with van der Waals surface area (Å²) in [5.41, 5.74) is 0.637. The number of ether oxygens (including phenoxy) is 1. The van der Waals surface area contributed by atoms with E-state index in [1.54, 1.807) is 13.0 Å². The highest BCUT2D eigenvalue weighted by molar-refractivity contribution is 5.95. The Bertz CT molecular complexity index is 482. The van der Waals surface area contributed by atoms with Crippen molar-refractivity contribution in [2.45, 2.75) is 19.4 Å². The van der Waals surface area contributed by atoms with Crippen LogP contribution in [0, 0.1) is 6.92 Å². The van der Waals surface area contributed by atoms with E-state index < -0.39 is 5.60 Å². The lowest BCUT2D eigenvalue weighted by Gasteiger charge is -2.33. The molecule has 1 heterocycles. The Morgan fingerprint density at radius 3 is 2.71 bits per heavy atom. The summed E-state index contributed by atoms with van der Waals surface area (Å²) in [5, 5.41) is 13.3. The number of amides is 1. The third kappa shape index (κ3) is 4.81. The summed E-state index contributed by atoms with van der Waals surface area (Å²) in [6, 6.07) is 7.44. The zero-order valence-corrected chi connectivity index (χ0v) is 12.8. The smallest absolute Gasteiger partial charge is 0.251 e. The predicted molar refractivity (Wildman–Crippen MR) is 81.4 cm³/mol. The molecule has 1 aliphatic rings. The maximum absolute atomic E-state index is 12.1. The molecule has 0 bridgehead atoms. The molecule has 1 aromatic rings. The van der Waals surface area contributed by atoms with Gasteiger partial charge in [-0.25, -0.2) is 0 Å². The zero-order valence-electron chi connectivity index (χ0n) is 12.8. The van der Waals surface area contributed by atoms with Crippen LogP contribution in [0.3, 0.4) is 0 Å². The Morgan fingerprint density at radius 1 is 1.38 bits per heavy atom. The zero-order chi connectivity index (χ0) is 15.3. The summed E-state index contributed by atoms with van der Waals surface area (Å²) in [6.45, 7) is 7.46. The van der Waals surface area contributed by atoms with Crippen LogP contribution >= 0.6 is 0 Å². The molecule has 0 aliphatic carbocycles. The second-order valence-corrected chi connectivity index (χ2v) is 5.88. The van der Waals surface area contributed by atoms with Crippen molar-refractivity contribution in [1.29, 1.82) is 0 Å². The summed E-state index contributed by atoms with van der Waals surface area (Å²) in [6.07, 6.45) is 0. The first-order chi connectivity index (χ1) is 9.98. The predicted octanol–water partition coefficient (Wildman–Crippen LogP) is 0.808. The van der Waals surface area contributed by atoms with Crippen LogP contribution < -0.4 is 5.32 Å². The Morgan fingerprint density at radius 2 is 2.05 bits per heavy atom. The number of benzene rings is 1. The highest BCUT2D eigenvalue weighted by Crippen LogP contribution is 2.10. The van der Waals surface area contributed by atoms with Crippen molar-refractivity contribution >= 4 is 5.91 Å². The van der Waals surface area contributed by atoms with Gasteiger partial charge < -0.3 is 15.2 Å². The molecule has 2 N–H and O–H groups in total. The maximum atomic E-state index is 12.1. The van der Waals surface area contributed by atoms with Crippen molar-refractivity contribution in [3.8, 4) is 0 Å². The van der Waals surface area contributed by atoms with E-state index in [1.165, 1.54) is 0 Å². The highest BCUT2D eigenvalue weighted by Gasteiger charge is 2.26. The number of β-amino-alcohol motifs (C(OH)–C–C–N with tert-alkyl or cyclic N) is 1. The van der Waals surface area contributed by atoms with Crippen molar-refractivity contribution in [2.24, 2.45) is 0 Å². The molecule has 5 nitrogen and oxygen atoms in total. The van der Waals surface area contributed by atoms with E-state index >= 15 is 0 Å². The molecule has 1 amide bonds. The standard InChI is InChI=1S/C16H24N2O3/c1-13-5-3-4-6-14(13)15(19)17-11-16(2,20)12-18-7-9-21-10-8-18/h3-6,20H,7-12H2,1-2H3,(H,17,19). The number of morpholine rings is 1. The molecule has 1 unspecified atom stereocenters. The molecule has 1 aromatic carbocycles. The monoisotopic (exact) mass is 292 g/mol. The Labute approximate surface area is 125 Å². The number of carbonyl (C=O) groups excluding carboxylic acids is 1. The average molecular weight is 292 g/mol. The first kappa shape index (κ1) is 15.9. The van der Waals surface area contributed by atoms with Crippen LogP contribution in [-0.4, -0.2) is 60.9 Å². The first-order valence-electron chi connectivity index (χ1n) is 7.34. The molecule has 1 fully saturated rings. The molecule has 1 saturated heterocycles. The van der Waals surface area contributed by atoms with Gasteiger partial charge in [-0.05, 0) is 25.5 Å². The second-order valence-electron chi connectivity index (χ2n) is 5.88. The van der Waals surface area contributed by atoms with E-state index in [1.807, 2.05) is 25.1 Å². The van der Waals surface area contributed by atoms with Gasteiger partial charge in [0.1, 0.15) is 0 Å². The summed E-state index contributed by atoms with van der Waals surface area (Å²) in [5.74, 6) is -0.143. The van der Waals surface area contributed by atoms with E-state index in [4.69, 9.17) is 4.74 Å². The van der Waals surface area contributed by atoms with Gasteiger partial charge in [-0.15, -0.1) is 0 Å². The number of nitrogens with one attached hydrogen (secondary N) is 1. The fourth-order valence-corrected chi connectivity index (χ4v) is 2.49. The second kappa shape index (κ2) is 7.02. The van der Waals surface area contributed by atoms with Gasteiger partial charge in [-0.2, -0.15) is 0 Å². The van der Waals surface area contributed by atoms with Crippen LogP contribution in [0.5, 0.6) is 0 Å². The van der Waals surface area contributed by atoms with Gasteiger partial charge in [0.2, 0.25) is 0 Å². The van der Waals surface area contributed by atoms with E-state index in [9.17, 15) is 9.90 Å². The lowest BCUT2D eigenvalue weighted by atomic mass is 10.0. The average Bonchev–Trinajstić information content (AvgIpc) is 2.46. The van der Waals surface area contributed by atoms with E-state index in [-0.39, 0.29) is 12.5 Å².